The number of benzene rings is 1. The van der Waals surface area contributed by atoms with E-state index in [1.165, 1.54) is 12.1 Å². The van der Waals surface area contributed by atoms with Gasteiger partial charge in [-0.15, -0.1) is 0 Å². The average molecular weight is 514 g/mol. The van der Waals surface area contributed by atoms with Crippen LogP contribution in [0.15, 0.2) is 53.5 Å². The smallest absolute Gasteiger partial charge is 0.389 e. The van der Waals surface area contributed by atoms with Gasteiger partial charge >= 0.3 is 6.18 Å². The number of aromatic nitrogens is 3. The molecule has 0 saturated carbocycles. The van der Waals surface area contributed by atoms with Gasteiger partial charge in [-0.25, -0.2) is 4.39 Å². The minimum Gasteiger partial charge on any atom is -0.389 e. The predicted octanol–water partition coefficient (Wildman–Crippen LogP) is 2.68. The molecule has 2 aromatic heterocycles. The van der Waals surface area contributed by atoms with Crippen LogP contribution in [0.3, 0.4) is 0 Å². The predicted molar refractivity (Wildman–Crippen MR) is 118 cm³/mol. The number of alkyl halides is 3. The molecule has 14 heteroatoms. The van der Waals surface area contributed by atoms with Crippen molar-refractivity contribution in [1.29, 1.82) is 0 Å². The van der Waals surface area contributed by atoms with E-state index in [2.05, 4.69) is 15.4 Å². The molecule has 3 heterocycles. The summed E-state index contributed by atoms with van der Waals surface area (Å²) in [6, 6.07) is 6.45. The summed E-state index contributed by atoms with van der Waals surface area (Å²) in [5.74, 6) is -2.36. The van der Waals surface area contributed by atoms with E-state index in [0.29, 0.717) is 10.7 Å². The number of amides is 1. The van der Waals surface area contributed by atoms with Gasteiger partial charge in [0.15, 0.2) is 0 Å². The van der Waals surface area contributed by atoms with Crippen molar-refractivity contribution in [3.05, 3.63) is 76.1 Å². The number of aliphatic hydroxyl groups is 1. The fraction of sp³-hybridized carbons (Fsp3) is 0.238. The van der Waals surface area contributed by atoms with Crippen molar-refractivity contribution in [3.63, 3.8) is 0 Å². The maximum absolute atomic E-state index is 13.8. The molecular formula is C21H18F4N4O5S. The third-order valence-electron chi connectivity index (χ3n) is 5.22. The van der Waals surface area contributed by atoms with E-state index >= 15 is 0 Å². The monoisotopic (exact) mass is 514 g/mol. The maximum Gasteiger partial charge on any atom is 0.433 e. The second-order valence-corrected chi connectivity index (χ2v) is 10.1. The van der Waals surface area contributed by atoms with Crippen LogP contribution in [0.1, 0.15) is 16.1 Å². The fourth-order valence-corrected chi connectivity index (χ4v) is 5.33. The first kappa shape index (κ1) is 24.8. The lowest BCUT2D eigenvalue weighted by molar-refractivity contribution is -0.141. The molecule has 0 spiro atoms. The van der Waals surface area contributed by atoms with Gasteiger partial charge in [0.05, 0.1) is 35.0 Å². The highest BCUT2D eigenvalue weighted by Gasteiger charge is 2.38. The summed E-state index contributed by atoms with van der Waals surface area (Å²) < 4.78 is 72.7. The van der Waals surface area contributed by atoms with Crippen molar-refractivity contribution < 1.29 is 36.6 Å². The minimum atomic E-state index is -4.68. The molecule has 1 saturated heterocycles. The van der Waals surface area contributed by atoms with E-state index in [-0.39, 0.29) is 28.5 Å². The van der Waals surface area contributed by atoms with Crippen LogP contribution < -0.4 is 10.9 Å². The third kappa shape index (κ3) is 5.35. The first-order valence-corrected chi connectivity index (χ1v) is 11.9. The summed E-state index contributed by atoms with van der Waals surface area (Å²) in [5.41, 5.74) is -2.79. The number of halogens is 4. The van der Waals surface area contributed by atoms with Crippen LogP contribution in [0.4, 0.5) is 17.6 Å². The third-order valence-corrected chi connectivity index (χ3v) is 6.99. The second-order valence-electron chi connectivity index (χ2n) is 7.85. The number of nitrogens with zero attached hydrogens (tertiary/aromatic N) is 3. The van der Waals surface area contributed by atoms with Gasteiger partial charge in [0.2, 0.25) is 0 Å². The molecule has 186 valence electrons. The van der Waals surface area contributed by atoms with E-state index < -0.39 is 57.5 Å². The van der Waals surface area contributed by atoms with Crippen LogP contribution in [-0.2, 0) is 6.18 Å². The van der Waals surface area contributed by atoms with Gasteiger partial charge in [0, 0.05) is 11.8 Å². The highest BCUT2D eigenvalue weighted by Crippen LogP contribution is 2.45. The van der Waals surface area contributed by atoms with Crippen LogP contribution in [0, 0.1) is 5.82 Å². The van der Waals surface area contributed by atoms with Crippen LogP contribution in [0.2, 0.25) is 0 Å². The van der Waals surface area contributed by atoms with Gasteiger partial charge in [-0.1, -0.05) is 6.07 Å². The number of carbonyl (C=O) groups excluding carboxylic acids is 1. The lowest BCUT2D eigenvalue weighted by atomic mass is 10.1. The molecule has 1 amide bonds. The molecule has 4 N–H and O–H groups in total. The van der Waals surface area contributed by atoms with E-state index in [0.717, 1.165) is 30.5 Å². The van der Waals surface area contributed by atoms with Gasteiger partial charge in [0.25, 0.3) is 11.5 Å². The quantitative estimate of drug-likeness (QED) is 0.393. The highest BCUT2D eigenvalue weighted by atomic mass is 32.3. The Balaban J connectivity index is 1.79. The summed E-state index contributed by atoms with van der Waals surface area (Å²) in [4.78, 5) is 29.4. The second kappa shape index (κ2) is 9.03. The molecule has 1 aromatic carbocycles. The van der Waals surface area contributed by atoms with Gasteiger partial charge in [-0.2, -0.15) is 33.5 Å². The lowest BCUT2D eigenvalue weighted by Gasteiger charge is -2.25. The summed E-state index contributed by atoms with van der Waals surface area (Å²) in [6.07, 6.45) is -5.09. The summed E-state index contributed by atoms with van der Waals surface area (Å²) >= 11 is 0. The zero-order valence-corrected chi connectivity index (χ0v) is 18.4. The van der Waals surface area contributed by atoms with E-state index in [1.54, 1.807) is 0 Å². The normalized spacial score (nSPS) is 20.4. The Morgan fingerprint density at radius 2 is 1.89 bits per heavy atom. The molecule has 0 aliphatic carbocycles. The lowest BCUT2D eigenvalue weighted by Crippen LogP contribution is -2.44. The highest BCUT2D eigenvalue weighted by molar-refractivity contribution is 8.24. The molecule has 1 aliphatic rings. The number of pyridine rings is 1. The molecule has 4 rings (SSSR count). The fourth-order valence-electron chi connectivity index (χ4n) is 3.53. The Bertz CT molecular complexity index is 1330. The van der Waals surface area contributed by atoms with E-state index in [4.69, 9.17) is 0 Å². The molecule has 1 aliphatic heterocycles. The number of carbonyl (C=O) groups is 1. The number of nitrogens with one attached hydrogen (secondary N) is 1. The Kier molecular flexibility index (Phi) is 6.40. The SMILES string of the molecule is O=C(NC1CS(O)(O)CC1O)c1cc(-c2ccc(C(F)(F)F)nc2)nn(-c2cccc(F)c2)c1=O. The van der Waals surface area contributed by atoms with Crippen molar-refractivity contribution in [1.82, 2.24) is 20.1 Å². The Morgan fingerprint density at radius 1 is 1.14 bits per heavy atom. The number of hydrogen-bond donors (Lipinski definition) is 4. The Morgan fingerprint density at radius 3 is 2.46 bits per heavy atom. The molecular weight excluding hydrogens is 496 g/mol. The molecule has 2 atom stereocenters. The van der Waals surface area contributed by atoms with Crippen molar-refractivity contribution >= 4 is 16.5 Å². The zero-order valence-electron chi connectivity index (χ0n) is 17.6. The van der Waals surface area contributed by atoms with Crippen LogP contribution >= 0.6 is 10.6 Å². The molecule has 2 unspecified atom stereocenters. The zero-order chi connectivity index (χ0) is 25.5. The molecule has 1 fully saturated rings. The number of hydrogen-bond acceptors (Lipinski definition) is 7. The largest absolute Gasteiger partial charge is 0.433 e. The topological polar surface area (TPSA) is 138 Å². The summed E-state index contributed by atoms with van der Waals surface area (Å²) in [7, 11) is -3.11. The van der Waals surface area contributed by atoms with Crippen molar-refractivity contribution in [2.45, 2.75) is 18.3 Å². The molecule has 0 bridgehead atoms. The minimum absolute atomic E-state index is 0.0345. The summed E-state index contributed by atoms with van der Waals surface area (Å²) in [6.45, 7) is 0. The van der Waals surface area contributed by atoms with Crippen molar-refractivity contribution in [2.75, 3.05) is 11.5 Å². The van der Waals surface area contributed by atoms with Gasteiger partial charge in [-0.05, 0) is 36.4 Å². The standard InChI is InChI=1S/C21H18F4N4O5S/c22-12-2-1-3-13(6-12)29-20(32)14(19(31)27-16-9-35(33,34)10-17(16)30)7-15(28-29)11-4-5-18(26-8-11)21(23,24)25/h1-8,16-17,30,33-34H,9-10H2,(H,27,31). The van der Waals surface area contributed by atoms with Crippen LogP contribution in [0.25, 0.3) is 16.9 Å². The van der Waals surface area contributed by atoms with Gasteiger partial charge in [0.1, 0.15) is 17.1 Å². The maximum atomic E-state index is 13.8. The Hall–Kier alpha value is -3.33. The van der Waals surface area contributed by atoms with Crippen molar-refractivity contribution in [2.24, 2.45) is 0 Å². The first-order valence-electron chi connectivity index (χ1n) is 10.0. The van der Waals surface area contributed by atoms with Gasteiger partial charge < -0.3 is 10.4 Å². The first-order chi connectivity index (χ1) is 16.3. The van der Waals surface area contributed by atoms with Crippen LogP contribution in [0.5, 0.6) is 0 Å². The number of aliphatic hydroxyl groups excluding tert-OH is 1. The summed E-state index contributed by atoms with van der Waals surface area (Å²) in [5, 5.41) is 16.5. The molecule has 35 heavy (non-hydrogen) atoms. The van der Waals surface area contributed by atoms with Crippen molar-refractivity contribution in [3.8, 4) is 16.9 Å². The van der Waals surface area contributed by atoms with E-state index in [1.807, 2.05) is 0 Å². The van der Waals surface area contributed by atoms with E-state index in [9.17, 15) is 41.4 Å². The molecule has 3 aromatic rings. The van der Waals surface area contributed by atoms with Crippen LogP contribution in [-0.4, -0.2) is 58.5 Å². The Labute approximate surface area is 196 Å². The number of rotatable bonds is 4. The molecule has 0 radical (unpaired) electrons. The average Bonchev–Trinajstić information content (AvgIpc) is 3.04. The molecule has 9 nitrogen and oxygen atoms in total. The van der Waals surface area contributed by atoms with Gasteiger partial charge in [-0.3, -0.25) is 23.7 Å².